The summed E-state index contributed by atoms with van der Waals surface area (Å²) in [6.45, 7) is 3.94. The lowest BCUT2D eigenvalue weighted by Gasteiger charge is -2.41. The number of nitrogens with zero attached hydrogens (tertiary/aromatic N) is 9. The summed E-state index contributed by atoms with van der Waals surface area (Å²) >= 11 is 0. The van der Waals surface area contributed by atoms with Crippen molar-refractivity contribution in [1.82, 2.24) is 39.4 Å². The number of aryl methyl sites for hydroxylation is 1. The molecule has 10 heteroatoms. The van der Waals surface area contributed by atoms with Gasteiger partial charge in [0, 0.05) is 18.8 Å². The molecular formula is C19H18N10. The number of nitrogen functional groups attached to an aromatic ring is 1. The molecule has 144 valence electrons. The molecule has 4 aromatic heterocycles. The second kappa shape index (κ2) is 6.00. The van der Waals surface area contributed by atoms with Gasteiger partial charge in [-0.2, -0.15) is 15.5 Å². The topological polar surface area (TPSA) is 129 Å². The third-order valence-electron chi connectivity index (χ3n) is 5.57. The fraction of sp³-hybridized carbons (Fsp3) is 0.263. The Balaban J connectivity index is 1.69. The van der Waals surface area contributed by atoms with Gasteiger partial charge in [0.1, 0.15) is 17.1 Å². The van der Waals surface area contributed by atoms with Crippen LogP contribution >= 0.6 is 0 Å². The average molecular weight is 386 g/mol. The lowest BCUT2D eigenvalue weighted by molar-refractivity contribution is 0.178. The smallest absolute Gasteiger partial charge is 0.155 e. The lowest BCUT2D eigenvalue weighted by atomic mass is 9.72. The van der Waals surface area contributed by atoms with Crippen LogP contribution in [0.25, 0.3) is 28.2 Å². The number of nitriles is 1. The van der Waals surface area contributed by atoms with E-state index in [0.29, 0.717) is 34.0 Å². The van der Waals surface area contributed by atoms with Crippen molar-refractivity contribution in [3.63, 3.8) is 0 Å². The van der Waals surface area contributed by atoms with E-state index in [1.54, 1.807) is 39.5 Å². The highest BCUT2D eigenvalue weighted by Crippen LogP contribution is 2.45. The van der Waals surface area contributed by atoms with E-state index >= 15 is 0 Å². The number of fused-ring (bicyclic) bond motifs is 1. The van der Waals surface area contributed by atoms with Gasteiger partial charge in [-0.05, 0) is 25.3 Å². The molecule has 0 atom stereocenters. The molecule has 4 aromatic rings. The Morgan fingerprint density at radius 3 is 2.76 bits per heavy atom. The van der Waals surface area contributed by atoms with Crippen molar-refractivity contribution < 1.29 is 0 Å². The Kier molecular flexibility index (Phi) is 3.54. The zero-order valence-corrected chi connectivity index (χ0v) is 15.8. The maximum absolute atomic E-state index is 9.41. The second-order valence-corrected chi connectivity index (χ2v) is 7.26. The zero-order chi connectivity index (χ0) is 20.2. The molecule has 1 fully saturated rings. The number of allylic oxidation sites excluding steroid dienone is 1. The first-order chi connectivity index (χ1) is 14.0. The predicted octanol–water partition coefficient (Wildman–Crippen LogP) is 1.93. The fourth-order valence-electron chi connectivity index (χ4n) is 3.79. The van der Waals surface area contributed by atoms with Crippen LogP contribution in [0.1, 0.15) is 19.3 Å². The lowest BCUT2D eigenvalue weighted by Crippen LogP contribution is -2.42. The molecular weight excluding hydrogens is 368 g/mol. The van der Waals surface area contributed by atoms with Crippen LogP contribution in [-0.4, -0.2) is 39.4 Å². The predicted molar refractivity (Wildman–Crippen MR) is 105 cm³/mol. The minimum Gasteiger partial charge on any atom is -0.382 e. The Hall–Kier alpha value is -4.00. The number of nitrogens with two attached hydrogens (primary N) is 1. The number of hydrogen-bond acceptors (Lipinski definition) is 7. The van der Waals surface area contributed by atoms with Crippen LogP contribution < -0.4 is 5.73 Å². The van der Waals surface area contributed by atoms with Gasteiger partial charge >= 0.3 is 0 Å². The Labute approximate surface area is 165 Å². The maximum atomic E-state index is 9.41. The van der Waals surface area contributed by atoms with Gasteiger partial charge in [0.15, 0.2) is 5.82 Å². The molecule has 0 radical (unpaired) electrons. The number of hydrogen-bond donors (Lipinski definition) is 1. The monoisotopic (exact) mass is 386 g/mol. The molecule has 1 saturated carbocycles. The van der Waals surface area contributed by atoms with E-state index in [-0.39, 0.29) is 0 Å². The van der Waals surface area contributed by atoms with Gasteiger partial charge in [0.25, 0.3) is 0 Å². The maximum Gasteiger partial charge on any atom is 0.155 e. The molecule has 1 aliphatic carbocycles. The molecule has 10 nitrogen and oxygen atoms in total. The van der Waals surface area contributed by atoms with Crippen molar-refractivity contribution in [1.29, 1.82) is 5.26 Å². The highest BCUT2D eigenvalue weighted by molar-refractivity contribution is 5.83. The normalized spacial score (nSPS) is 15.2. The number of aromatic nitrogens is 8. The molecule has 0 bridgehead atoms. The number of rotatable bonds is 4. The fourth-order valence-corrected chi connectivity index (χ4v) is 3.79. The molecule has 0 aromatic carbocycles. The summed E-state index contributed by atoms with van der Waals surface area (Å²) in [5, 5.41) is 26.4. The second-order valence-electron chi connectivity index (χ2n) is 7.26. The van der Waals surface area contributed by atoms with Crippen molar-refractivity contribution >= 4 is 11.3 Å². The Bertz CT molecular complexity index is 1290. The molecule has 4 heterocycles. The zero-order valence-electron chi connectivity index (χ0n) is 15.8. The van der Waals surface area contributed by atoms with Crippen molar-refractivity contribution in [2.45, 2.75) is 24.8 Å². The molecule has 29 heavy (non-hydrogen) atoms. The summed E-state index contributed by atoms with van der Waals surface area (Å²) in [6.07, 6.45) is 9.79. The van der Waals surface area contributed by atoms with E-state index in [2.05, 4.69) is 33.2 Å². The van der Waals surface area contributed by atoms with Gasteiger partial charge in [0.05, 0.1) is 41.3 Å². The van der Waals surface area contributed by atoms with E-state index in [1.165, 1.54) is 0 Å². The van der Waals surface area contributed by atoms with E-state index in [4.69, 9.17) is 10.7 Å². The van der Waals surface area contributed by atoms with E-state index < -0.39 is 5.54 Å². The molecule has 2 N–H and O–H groups in total. The summed E-state index contributed by atoms with van der Waals surface area (Å²) in [5.74, 6) is 0.342. The van der Waals surface area contributed by atoms with Gasteiger partial charge in [-0.25, -0.2) is 9.50 Å². The SMILES string of the molecule is C=C(C#N)C1(n2cc(-c3nc(-c4cn(C)nn4)cn4nccc34)c(N)n2)CCC1. The van der Waals surface area contributed by atoms with Crippen LogP contribution in [-0.2, 0) is 12.6 Å². The van der Waals surface area contributed by atoms with Gasteiger partial charge in [-0.1, -0.05) is 11.8 Å². The van der Waals surface area contributed by atoms with Gasteiger partial charge in [0.2, 0.25) is 0 Å². The van der Waals surface area contributed by atoms with Gasteiger partial charge < -0.3 is 5.73 Å². The third-order valence-corrected chi connectivity index (χ3v) is 5.57. The van der Waals surface area contributed by atoms with Crippen molar-refractivity contribution in [2.75, 3.05) is 5.73 Å². The summed E-state index contributed by atoms with van der Waals surface area (Å²) < 4.78 is 5.12. The molecule has 0 unspecified atom stereocenters. The van der Waals surface area contributed by atoms with Gasteiger partial charge in [-0.3, -0.25) is 9.36 Å². The first-order valence-corrected chi connectivity index (χ1v) is 9.18. The van der Waals surface area contributed by atoms with Crippen LogP contribution in [0.2, 0.25) is 0 Å². The highest BCUT2D eigenvalue weighted by Gasteiger charge is 2.43. The number of anilines is 1. The van der Waals surface area contributed by atoms with Crippen molar-refractivity contribution in [3.8, 4) is 28.7 Å². The molecule has 0 saturated heterocycles. The summed E-state index contributed by atoms with van der Waals surface area (Å²) in [4.78, 5) is 4.79. The standard InChI is InChI=1S/C19H18N10/c1-12(8-20)19(5-3-6-19)29-9-13(18(21)25-29)17-16-4-7-22-28(16)11-14(23-17)15-10-27(2)26-24-15/h4,7,9-11H,1,3,5-6H2,2H3,(H2,21,25). The molecule has 0 amide bonds. The highest BCUT2D eigenvalue weighted by atomic mass is 15.4. The first kappa shape index (κ1) is 17.1. The minimum absolute atomic E-state index is 0.342. The van der Waals surface area contributed by atoms with E-state index in [9.17, 15) is 5.26 Å². The van der Waals surface area contributed by atoms with E-state index in [1.807, 2.05) is 12.3 Å². The minimum atomic E-state index is -0.500. The van der Waals surface area contributed by atoms with Crippen LogP contribution in [0.15, 0.2) is 43.0 Å². The Morgan fingerprint density at radius 2 is 2.10 bits per heavy atom. The quantitative estimate of drug-likeness (QED) is 0.531. The van der Waals surface area contributed by atoms with E-state index in [0.717, 1.165) is 24.8 Å². The summed E-state index contributed by atoms with van der Waals surface area (Å²) in [7, 11) is 1.80. The van der Waals surface area contributed by atoms with Gasteiger partial charge in [-0.15, -0.1) is 5.10 Å². The van der Waals surface area contributed by atoms with Crippen LogP contribution in [0.3, 0.4) is 0 Å². The molecule has 1 aliphatic rings. The Morgan fingerprint density at radius 1 is 1.28 bits per heavy atom. The molecule has 5 rings (SSSR count). The summed E-state index contributed by atoms with van der Waals surface area (Å²) in [6, 6.07) is 4.06. The molecule has 0 spiro atoms. The summed E-state index contributed by atoms with van der Waals surface area (Å²) in [5.41, 5.74) is 9.66. The third kappa shape index (κ3) is 2.44. The first-order valence-electron chi connectivity index (χ1n) is 9.18. The molecule has 0 aliphatic heterocycles. The largest absolute Gasteiger partial charge is 0.382 e. The van der Waals surface area contributed by atoms with Crippen molar-refractivity contribution in [3.05, 3.63) is 43.0 Å². The van der Waals surface area contributed by atoms with Crippen molar-refractivity contribution in [2.24, 2.45) is 7.05 Å². The van der Waals surface area contributed by atoms with Crippen LogP contribution in [0.4, 0.5) is 5.82 Å². The van der Waals surface area contributed by atoms with Crippen LogP contribution in [0.5, 0.6) is 0 Å². The average Bonchev–Trinajstić information content (AvgIpc) is 3.39. The van der Waals surface area contributed by atoms with Crippen LogP contribution in [0, 0.1) is 11.3 Å².